The topological polar surface area (TPSA) is 38.7 Å². The maximum atomic E-state index is 11.9. The monoisotopic (exact) mass is 225 g/mol. The van der Waals surface area contributed by atoms with Gasteiger partial charge in [0, 0.05) is 12.7 Å². The van der Waals surface area contributed by atoms with Gasteiger partial charge in [-0.15, -0.1) is 0 Å². The summed E-state index contributed by atoms with van der Waals surface area (Å²) in [5.74, 6) is 0. The molecule has 0 saturated carbocycles. The van der Waals surface area contributed by atoms with Crippen LogP contribution in [0.1, 0.15) is 0 Å². The summed E-state index contributed by atoms with van der Waals surface area (Å²) in [6.45, 7) is 0. The fourth-order valence-electron chi connectivity index (χ4n) is 1.45. The number of nitrogens with zero attached hydrogens (tertiary/aromatic N) is 2. The van der Waals surface area contributed by atoms with Gasteiger partial charge in [-0.05, 0) is 24.3 Å². The summed E-state index contributed by atoms with van der Waals surface area (Å²) < 4.78 is 0. The molecule has 86 valence electrons. The number of anilines is 1. The Bertz CT molecular complexity index is 494. The molecule has 2 rings (SSSR count). The number of hydrogen-bond donors (Lipinski definition) is 0. The highest BCUT2D eigenvalue weighted by Crippen LogP contribution is 2.14. The summed E-state index contributed by atoms with van der Waals surface area (Å²) in [5.41, 5.74) is 1.50. The molecule has 17 heavy (non-hydrogen) atoms. The summed E-state index contributed by atoms with van der Waals surface area (Å²) in [6.07, 6.45) is 0. The average Bonchev–Trinajstić information content (AvgIpc) is 2.40. The highest BCUT2D eigenvalue weighted by Gasteiger charge is 1.98. The van der Waals surface area contributed by atoms with E-state index in [1.54, 1.807) is 19.2 Å². The van der Waals surface area contributed by atoms with Crippen LogP contribution in [-0.2, 0) is 0 Å². The summed E-state index contributed by atoms with van der Waals surface area (Å²) in [6, 6.07) is 18.4. The Morgan fingerprint density at radius 3 is 2.06 bits per heavy atom. The van der Waals surface area contributed by atoms with Crippen LogP contribution in [0.25, 0.3) is 0 Å². The van der Waals surface area contributed by atoms with Gasteiger partial charge in [0.15, 0.2) is 0 Å². The first-order valence-electron chi connectivity index (χ1n) is 5.37. The van der Waals surface area contributed by atoms with Crippen LogP contribution in [0.4, 0.5) is 11.4 Å². The van der Waals surface area contributed by atoms with Crippen molar-refractivity contribution < 1.29 is 5.11 Å². The molecule has 0 radical (unpaired) electrons. The van der Waals surface area contributed by atoms with Gasteiger partial charge in [0.2, 0.25) is 0 Å². The summed E-state index contributed by atoms with van der Waals surface area (Å²) in [5, 5.41) is 11.9. The Kier molecular flexibility index (Phi) is 3.40. The Hall–Kier alpha value is -2.29. The molecule has 0 bridgehead atoms. The maximum Gasteiger partial charge on any atom is 0.0640 e. The van der Waals surface area contributed by atoms with E-state index in [1.165, 1.54) is 4.90 Å². The second kappa shape index (κ2) is 5.16. The van der Waals surface area contributed by atoms with Crippen LogP contribution < -0.4 is 10.0 Å². The van der Waals surface area contributed by atoms with Crippen LogP contribution in [0.5, 0.6) is 0 Å². The molecule has 0 amide bonds. The van der Waals surface area contributed by atoms with Gasteiger partial charge in [-0.1, -0.05) is 36.4 Å². The van der Waals surface area contributed by atoms with Crippen molar-refractivity contribution in [3.63, 3.8) is 0 Å². The second-order valence-electron chi connectivity index (χ2n) is 3.62. The lowest BCUT2D eigenvalue weighted by Crippen LogP contribution is -2.36. The Morgan fingerprint density at radius 1 is 0.941 bits per heavy atom. The molecule has 0 saturated heterocycles. The molecule has 0 atom stereocenters. The van der Waals surface area contributed by atoms with E-state index in [4.69, 9.17) is 0 Å². The van der Waals surface area contributed by atoms with E-state index in [9.17, 15) is 5.11 Å². The quantitative estimate of drug-likeness (QED) is 0.580. The normalized spacial score (nSPS) is 11.2. The number of para-hydroxylation sites is 2. The molecule has 0 spiro atoms. The summed E-state index contributed by atoms with van der Waals surface area (Å²) >= 11 is 0. The van der Waals surface area contributed by atoms with E-state index in [-0.39, 0.29) is 6.02 Å². The predicted octanol–water partition coefficient (Wildman–Crippen LogP) is 2.17. The Morgan fingerprint density at radius 2 is 1.47 bits per heavy atom. The number of rotatable bonds is 2. The van der Waals surface area contributed by atoms with Crippen molar-refractivity contribution in [3.8, 4) is 0 Å². The minimum absolute atomic E-state index is 0.276. The first-order chi connectivity index (χ1) is 8.27. The van der Waals surface area contributed by atoms with Gasteiger partial charge in [-0.2, -0.15) is 0 Å². The van der Waals surface area contributed by atoms with Gasteiger partial charge in [-0.25, -0.2) is 4.99 Å². The minimum Gasteiger partial charge on any atom is -0.846 e. The fourth-order valence-corrected chi connectivity index (χ4v) is 1.45. The first kappa shape index (κ1) is 11.2. The van der Waals surface area contributed by atoms with Gasteiger partial charge in [0.25, 0.3) is 0 Å². The van der Waals surface area contributed by atoms with E-state index in [0.29, 0.717) is 5.69 Å². The summed E-state index contributed by atoms with van der Waals surface area (Å²) in [4.78, 5) is 5.54. The molecule has 0 aliphatic heterocycles. The third-order valence-electron chi connectivity index (χ3n) is 2.41. The van der Waals surface area contributed by atoms with E-state index in [0.717, 1.165) is 5.69 Å². The second-order valence-corrected chi connectivity index (χ2v) is 3.62. The molecule has 0 aromatic heterocycles. The lowest BCUT2D eigenvalue weighted by molar-refractivity contribution is -0.217. The molecule has 0 heterocycles. The molecule has 0 fully saturated rings. The van der Waals surface area contributed by atoms with Crippen molar-refractivity contribution in [1.29, 1.82) is 0 Å². The lowest BCUT2D eigenvalue weighted by Gasteiger charge is -2.25. The molecule has 2 aromatic rings. The van der Waals surface area contributed by atoms with Gasteiger partial charge >= 0.3 is 0 Å². The number of benzene rings is 2. The highest BCUT2D eigenvalue weighted by atomic mass is 16.3. The van der Waals surface area contributed by atoms with Crippen molar-refractivity contribution >= 4 is 17.4 Å². The third-order valence-corrected chi connectivity index (χ3v) is 2.41. The summed E-state index contributed by atoms with van der Waals surface area (Å²) in [7, 11) is 1.71. The van der Waals surface area contributed by atoms with Crippen LogP contribution in [0.15, 0.2) is 65.7 Å². The first-order valence-corrected chi connectivity index (χ1v) is 5.37. The predicted molar refractivity (Wildman–Crippen MR) is 68.4 cm³/mol. The Labute approximate surface area is 101 Å². The molecule has 3 heteroatoms. The molecular formula is C14H13N2O-. The zero-order valence-electron chi connectivity index (χ0n) is 9.58. The number of hydrogen-bond acceptors (Lipinski definition) is 2. The standard InChI is InChI=1S/C14H14N2O/c1-16(13-10-6-3-7-11-13)14(17)15-12-8-4-2-5-9-12/h2-11H,1H3,(H,15,17)/p-1. The fraction of sp³-hybridized carbons (Fsp3) is 0.0714. The van der Waals surface area contributed by atoms with Gasteiger partial charge in [0.1, 0.15) is 0 Å². The van der Waals surface area contributed by atoms with Crippen LogP contribution in [0.2, 0.25) is 0 Å². The molecule has 0 aliphatic rings. The van der Waals surface area contributed by atoms with Crippen LogP contribution >= 0.6 is 0 Å². The smallest absolute Gasteiger partial charge is 0.0640 e. The SMILES string of the molecule is CN(C([O-])=Nc1ccccc1)c1ccccc1. The van der Waals surface area contributed by atoms with Gasteiger partial charge < -0.3 is 10.0 Å². The molecule has 0 aliphatic carbocycles. The van der Waals surface area contributed by atoms with Gasteiger partial charge in [-0.3, -0.25) is 0 Å². The number of amidine groups is 1. The largest absolute Gasteiger partial charge is 0.846 e. The van der Waals surface area contributed by atoms with Crippen molar-refractivity contribution in [2.24, 2.45) is 4.99 Å². The zero-order chi connectivity index (χ0) is 12.1. The van der Waals surface area contributed by atoms with Crippen molar-refractivity contribution in [3.05, 3.63) is 60.7 Å². The van der Waals surface area contributed by atoms with E-state index >= 15 is 0 Å². The van der Waals surface area contributed by atoms with Crippen molar-refractivity contribution in [1.82, 2.24) is 0 Å². The molecular weight excluding hydrogens is 212 g/mol. The lowest BCUT2D eigenvalue weighted by atomic mass is 10.3. The van der Waals surface area contributed by atoms with Crippen LogP contribution in [-0.4, -0.2) is 13.1 Å². The van der Waals surface area contributed by atoms with Crippen LogP contribution in [0, 0.1) is 0 Å². The molecule has 0 N–H and O–H groups in total. The Balaban J connectivity index is 2.21. The van der Waals surface area contributed by atoms with E-state index in [1.807, 2.05) is 48.5 Å². The highest BCUT2D eigenvalue weighted by molar-refractivity contribution is 5.89. The molecule has 0 unspecified atom stereocenters. The van der Waals surface area contributed by atoms with Crippen molar-refractivity contribution in [2.45, 2.75) is 0 Å². The van der Waals surface area contributed by atoms with E-state index in [2.05, 4.69) is 4.99 Å². The van der Waals surface area contributed by atoms with E-state index < -0.39 is 0 Å². The number of aliphatic imine (C=N–C) groups is 1. The van der Waals surface area contributed by atoms with Crippen LogP contribution in [0.3, 0.4) is 0 Å². The zero-order valence-corrected chi connectivity index (χ0v) is 9.58. The van der Waals surface area contributed by atoms with Crippen molar-refractivity contribution in [2.75, 3.05) is 11.9 Å². The minimum atomic E-state index is -0.276. The van der Waals surface area contributed by atoms with Gasteiger partial charge in [0.05, 0.1) is 11.7 Å². The molecule has 3 nitrogen and oxygen atoms in total. The molecule has 2 aromatic carbocycles. The third kappa shape index (κ3) is 2.84. The average molecular weight is 225 g/mol. The maximum absolute atomic E-state index is 11.9.